The van der Waals surface area contributed by atoms with Crippen LogP contribution in [0, 0.1) is 6.92 Å². The first kappa shape index (κ1) is 15.9. The lowest BCUT2D eigenvalue weighted by Crippen LogP contribution is -2.31. The number of para-hydroxylation sites is 2. The van der Waals surface area contributed by atoms with Gasteiger partial charge < -0.3 is 9.64 Å². The summed E-state index contributed by atoms with van der Waals surface area (Å²) in [4.78, 5) is 22.7. The topological polar surface area (TPSA) is 55.3 Å². The zero-order valence-electron chi connectivity index (χ0n) is 13.8. The maximum atomic E-state index is 12.5. The van der Waals surface area contributed by atoms with E-state index in [1.165, 1.54) is 6.20 Å². The van der Waals surface area contributed by atoms with Gasteiger partial charge in [-0.15, -0.1) is 0 Å². The Bertz CT molecular complexity index is 864. The van der Waals surface area contributed by atoms with Crippen molar-refractivity contribution in [3.63, 3.8) is 0 Å². The molecular weight excluding hydrogens is 302 g/mol. The van der Waals surface area contributed by atoms with Crippen LogP contribution < -0.4 is 4.74 Å². The molecule has 0 saturated carbocycles. The molecule has 5 nitrogen and oxygen atoms in total. The number of aromatic nitrogens is 2. The number of aryl methyl sites for hydroxylation is 1. The zero-order chi connectivity index (χ0) is 16.9. The van der Waals surface area contributed by atoms with Crippen molar-refractivity contribution >= 4 is 16.9 Å². The van der Waals surface area contributed by atoms with Gasteiger partial charge in [0.2, 0.25) is 0 Å². The van der Waals surface area contributed by atoms with Crippen LogP contribution in [0.5, 0.6) is 5.75 Å². The molecule has 0 spiro atoms. The van der Waals surface area contributed by atoms with Gasteiger partial charge in [-0.2, -0.15) is 0 Å². The Hall–Kier alpha value is -2.95. The lowest BCUT2D eigenvalue weighted by Gasteiger charge is -2.17. The standard InChI is InChI=1S/C19H19N3O2/c1-14-6-5-7-15(12-14)24-11-10-22(2)19(23)18-13-20-16-8-3-4-9-17(16)21-18/h3-9,12-13H,10-11H2,1-2H3. The highest BCUT2D eigenvalue weighted by molar-refractivity contribution is 5.93. The molecule has 0 aliphatic rings. The maximum absolute atomic E-state index is 12.5. The zero-order valence-corrected chi connectivity index (χ0v) is 13.8. The normalized spacial score (nSPS) is 10.6. The summed E-state index contributed by atoms with van der Waals surface area (Å²) in [6.45, 7) is 2.91. The van der Waals surface area contributed by atoms with E-state index >= 15 is 0 Å². The Kier molecular flexibility index (Phi) is 4.70. The number of rotatable bonds is 5. The number of hydrogen-bond acceptors (Lipinski definition) is 4. The fourth-order valence-electron chi connectivity index (χ4n) is 2.36. The minimum atomic E-state index is -0.166. The largest absolute Gasteiger partial charge is 0.492 e. The van der Waals surface area contributed by atoms with Crippen molar-refractivity contribution in [3.8, 4) is 5.75 Å². The van der Waals surface area contributed by atoms with E-state index in [0.717, 1.165) is 16.8 Å². The Balaban J connectivity index is 1.61. The van der Waals surface area contributed by atoms with E-state index < -0.39 is 0 Å². The van der Waals surface area contributed by atoms with Crippen LogP contribution in [0.4, 0.5) is 0 Å². The number of carbonyl (C=O) groups is 1. The van der Waals surface area contributed by atoms with Gasteiger partial charge in [0.1, 0.15) is 18.1 Å². The van der Waals surface area contributed by atoms with E-state index in [2.05, 4.69) is 9.97 Å². The first-order valence-electron chi connectivity index (χ1n) is 7.80. The van der Waals surface area contributed by atoms with E-state index in [-0.39, 0.29) is 5.91 Å². The number of fused-ring (bicyclic) bond motifs is 1. The van der Waals surface area contributed by atoms with Crippen LogP contribution in [0.25, 0.3) is 11.0 Å². The number of benzene rings is 2. The fraction of sp³-hybridized carbons (Fsp3) is 0.211. The van der Waals surface area contributed by atoms with E-state index in [9.17, 15) is 4.79 Å². The van der Waals surface area contributed by atoms with Crippen LogP contribution in [-0.4, -0.2) is 41.0 Å². The van der Waals surface area contributed by atoms with Gasteiger partial charge in [-0.3, -0.25) is 9.78 Å². The molecule has 0 radical (unpaired) electrons. The molecule has 2 aromatic carbocycles. The molecule has 0 aliphatic heterocycles. The Morgan fingerprint density at radius 3 is 2.71 bits per heavy atom. The molecular formula is C19H19N3O2. The molecule has 5 heteroatoms. The summed E-state index contributed by atoms with van der Waals surface area (Å²) in [6.07, 6.45) is 1.52. The highest BCUT2D eigenvalue weighted by Gasteiger charge is 2.14. The number of nitrogens with zero attached hydrogens (tertiary/aromatic N) is 3. The predicted molar refractivity (Wildman–Crippen MR) is 93.2 cm³/mol. The summed E-state index contributed by atoms with van der Waals surface area (Å²) in [7, 11) is 1.73. The summed E-state index contributed by atoms with van der Waals surface area (Å²) in [5, 5.41) is 0. The van der Waals surface area contributed by atoms with Gasteiger partial charge in [-0.05, 0) is 36.8 Å². The van der Waals surface area contributed by atoms with Gasteiger partial charge in [0.25, 0.3) is 5.91 Å². The number of likely N-dealkylation sites (N-methyl/N-ethyl adjacent to an activating group) is 1. The first-order valence-corrected chi connectivity index (χ1v) is 7.80. The van der Waals surface area contributed by atoms with Crippen LogP contribution >= 0.6 is 0 Å². The highest BCUT2D eigenvalue weighted by atomic mass is 16.5. The second-order valence-electron chi connectivity index (χ2n) is 5.64. The Labute approximate surface area is 140 Å². The van der Waals surface area contributed by atoms with E-state index in [0.29, 0.717) is 24.4 Å². The summed E-state index contributed by atoms with van der Waals surface area (Å²) in [5.41, 5.74) is 2.97. The van der Waals surface area contributed by atoms with E-state index in [1.54, 1.807) is 11.9 Å². The molecule has 1 aromatic heterocycles. The van der Waals surface area contributed by atoms with Gasteiger partial charge in [0.05, 0.1) is 23.8 Å². The second kappa shape index (κ2) is 7.08. The molecule has 0 bridgehead atoms. The van der Waals surface area contributed by atoms with Crippen molar-refractivity contribution in [1.82, 2.24) is 14.9 Å². The average molecular weight is 321 g/mol. The van der Waals surface area contributed by atoms with Gasteiger partial charge >= 0.3 is 0 Å². The molecule has 1 amide bonds. The summed E-state index contributed by atoms with van der Waals surface area (Å²) in [5.74, 6) is 0.641. The monoisotopic (exact) mass is 321 g/mol. The third kappa shape index (κ3) is 3.68. The quantitative estimate of drug-likeness (QED) is 0.724. The molecule has 3 aromatic rings. The molecule has 0 N–H and O–H groups in total. The smallest absolute Gasteiger partial charge is 0.273 e. The van der Waals surface area contributed by atoms with Crippen LogP contribution in [0.2, 0.25) is 0 Å². The minimum absolute atomic E-state index is 0.166. The van der Waals surface area contributed by atoms with Crippen LogP contribution in [0.15, 0.2) is 54.7 Å². The molecule has 0 saturated heterocycles. The van der Waals surface area contributed by atoms with Crippen LogP contribution in [0.1, 0.15) is 16.1 Å². The van der Waals surface area contributed by atoms with Crippen molar-refractivity contribution in [2.24, 2.45) is 0 Å². The fourth-order valence-corrected chi connectivity index (χ4v) is 2.36. The van der Waals surface area contributed by atoms with E-state index in [4.69, 9.17) is 4.74 Å². The van der Waals surface area contributed by atoms with Crippen molar-refractivity contribution in [2.75, 3.05) is 20.2 Å². The number of carbonyl (C=O) groups excluding carboxylic acids is 1. The van der Waals surface area contributed by atoms with Gasteiger partial charge in [0, 0.05) is 7.05 Å². The van der Waals surface area contributed by atoms with Crippen molar-refractivity contribution < 1.29 is 9.53 Å². The summed E-state index contributed by atoms with van der Waals surface area (Å²) < 4.78 is 5.68. The number of hydrogen-bond donors (Lipinski definition) is 0. The SMILES string of the molecule is Cc1cccc(OCCN(C)C(=O)c2cnc3ccccc3n2)c1. The molecule has 0 fully saturated rings. The molecule has 24 heavy (non-hydrogen) atoms. The average Bonchev–Trinajstić information content (AvgIpc) is 2.60. The van der Waals surface area contributed by atoms with Crippen LogP contribution in [0.3, 0.4) is 0 Å². The third-order valence-corrected chi connectivity index (χ3v) is 3.70. The van der Waals surface area contributed by atoms with Crippen molar-refractivity contribution in [1.29, 1.82) is 0 Å². The van der Waals surface area contributed by atoms with Gasteiger partial charge in [-0.25, -0.2) is 4.98 Å². The Morgan fingerprint density at radius 2 is 1.92 bits per heavy atom. The number of ether oxygens (including phenoxy) is 1. The lowest BCUT2D eigenvalue weighted by atomic mass is 10.2. The van der Waals surface area contributed by atoms with Crippen molar-refractivity contribution in [2.45, 2.75) is 6.92 Å². The first-order chi connectivity index (χ1) is 11.6. The van der Waals surface area contributed by atoms with E-state index in [1.807, 2.05) is 55.5 Å². The Morgan fingerprint density at radius 1 is 1.12 bits per heavy atom. The molecule has 3 rings (SSSR count). The molecule has 122 valence electrons. The van der Waals surface area contributed by atoms with Gasteiger partial charge in [0.15, 0.2) is 0 Å². The number of amides is 1. The van der Waals surface area contributed by atoms with Gasteiger partial charge in [-0.1, -0.05) is 24.3 Å². The van der Waals surface area contributed by atoms with Crippen LogP contribution in [-0.2, 0) is 0 Å². The second-order valence-corrected chi connectivity index (χ2v) is 5.64. The minimum Gasteiger partial charge on any atom is -0.492 e. The van der Waals surface area contributed by atoms with Crippen molar-refractivity contribution in [3.05, 3.63) is 66.0 Å². The predicted octanol–water partition coefficient (Wildman–Crippen LogP) is 3.09. The molecule has 0 aliphatic carbocycles. The summed E-state index contributed by atoms with van der Waals surface area (Å²) in [6, 6.07) is 15.3. The molecule has 0 unspecified atom stereocenters. The molecule has 0 atom stereocenters. The molecule has 1 heterocycles. The summed E-state index contributed by atoms with van der Waals surface area (Å²) >= 11 is 0. The maximum Gasteiger partial charge on any atom is 0.273 e. The lowest BCUT2D eigenvalue weighted by molar-refractivity contribution is 0.0768. The third-order valence-electron chi connectivity index (χ3n) is 3.70. The highest BCUT2D eigenvalue weighted by Crippen LogP contribution is 2.13.